The second-order valence-electron chi connectivity index (χ2n) is 8.27. The van der Waals surface area contributed by atoms with Crippen LogP contribution in [0.3, 0.4) is 0 Å². The van der Waals surface area contributed by atoms with Gasteiger partial charge in [-0.3, -0.25) is 9.62 Å². The van der Waals surface area contributed by atoms with Crippen molar-refractivity contribution >= 4 is 37.4 Å². The highest BCUT2D eigenvalue weighted by Crippen LogP contribution is 2.40. The molecule has 5 rings (SSSR count). The molecule has 7 nitrogen and oxygen atoms in total. The quantitative estimate of drug-likeness (QED) is 0.631. The molecule has 0 unspecified atom stereocenters. The minimum Gasteiger partial charge on any atom is -0.379 e. The summed E-state index contributed by atoms with van der Waals surface area (Å²) < 4.78 is 34.7. The average Bonchev–Trinajstić information content (AvgIpc) is 3.31. The van der Waals surface area contributed by atoms with Crippen LogP contribution in [0.5, 0.6) is 0 Å². The van der Waals surface area contributed by atoms with Crippen LogP contribution in [0.15, 0.2) is 23.1 Å². The molecule has 31 heavy (non-hydrogen) atoms. The van der Waals surface area contributed by atoms with Crippen molar-refractivity contribution in [3.8, 4) is 0 Å². The molecular formula is C22H26N4O3S2. The van der Waals surface area contributed by atoms with Gasteiger partial charge in [-0.15, -0.1) is 11.3 Å². The number of nitrogens with zero attached hydrogens (tertiary/aromatic N) is 3. The molecule has 0 bridgehead atoms. The average molecular weight is 459 g/mol. The second-order valence-corrected chi connectivity index (χ2v) is 11.0. The Balaban J connectivity index is 1.56. The fraction of sp³-hybridized carbons (Fsp3) is 0.455. The molecule has 0 atom stereocenters. The van der Waals surface area contributed by atoms with Crippen molar-refractivity contribution in [1.82, 2.24) is 14.9 Å². The zero-order valence-corrected chi connectivity index (χ0v) is 19.4. The summed E-state index contributed by atoms with van der Waals surface area (Å²) in [5.74, 6) is 1.05. The number of aromatic nitrogens is 2. The predicted molar refractivity (Wildman–Crippen MR) is 122 cm³/mol. The molecule has 0 saturated carbocycles. The van der Waals surface area contributed by atoms with Gasteiger partial charge in [0.15, 0.2) is 5.82 Å². The third kappa shape index (κ3) is 4.07. The van der Waals surface area contributed by atoms with Gasteiger partial charge in [0, 0.05) is 18.0 Å². The van der Waals surface area contributed by atoms with Gasteiger partial charge in [0.05, 0.1) is 30.0 Å². The van der Waals surface area contributed by atoms with Gasteiger partial charge < -0.3 is 4.74 Å². The number of thiophene rings is 1. The van der Waals surface area contributed by atoms with Crippen molar-refractivity contribution in [3.05, 3.63) is 45.6 Å². The number of nitrogens with one attached hydrogen (secondary N) is 1. The molecule has 1 aromatic carbocycles. The highest BCUT2D eigenvalue weighted by Gasteiger charge is 2.26. The third-order valence-corrected chi connectivity index (χ3v) is 8.62. The van der Waals surface area contributed by atoms with Gasteiger partial charge in [0.25, 0.3) is 10.0 Å². The Hall–Kier alpha value is -2.07. The highest BCUT2D eigenvalue weighted by atomic mass is 32.2. The maximum absolute atomic E-state index is 13.2. The zero-order valence-electron chi connectivity index (χ0n) is 17.8. The standard InChI is InChI=1S/C22H26N4O3S2/c1-14-6-7-16(12-15(14)2)31(27,28)25-21-20-17-4-3-5-18(17)30-22(20)24-19(23-21)13-26-8-10-29-11-9-26/h6-7,12H,3-5,8-11,13H2,1-2H3,(H,23,24,25). The largest absolute Gasteiger partial charge is 0.379 e. The highest BCUT2D eigenvalue weighted by molar-refractivity contribution is 7.92. The Morgan fingerprint density at radius 3 is 2.71 bits per heavy atom. The lowest BCUT2D eigenvalue weighted by Gasteiger charge is -2.25. The molecule has 0 amide bonds. The van der Waals surface area contributed by atoms with Gasteiger partial charge in [0.1, 0.15) is 10.7 Å². The Morgan fingerprint density at radius 1 is 1.13 bits per heavy atom. The van der Waals surface area contributed by atoms with E-state index in [0.717, 1.165) is 53.7 Å². The SMILES string of the molecule is Cc1ccc(S(=O)(=O)Nc2nc(CN3CCOCC3)nc3sc4c(c23)CCC4)cc1C. The fourth-order valence-electron chi connectivity index (χ4n) is 4.21. The number of rotatable bonds is 5. The summed E-state index contributed by atoms with van der Waals surface area (Å²) in [6, 6.07) is 5.20. The lowest BCUT2D eigenvalue weighted by molar-refractivity contribution is 0.0331. The van der Waals surface area contributed by atoms with Crippen LogP contribution >= 0.6 is 11.3 Å². The number of morpholine rings is 1. The summed E-state index contributed by atoms with van der Waals surface area (Å²) in [6.07, 6.45) is 3.06. The third-order valence-electron chi connectivity index (χ3n) is 6.10. The van der Waals surface area contributed by atoms with E-state index in [-0.39, 0.29) is 4.90 Å². The lowest BCUT2D eigenvalue weighted by atomic mass is 10.1. The second kappa shape index (κ2) is 8.12. The predicted octanol–water partition coefficient (Wildman–Crippen LogP) is 3.43. The fourth-order valence-corrected chi connectivity index (χ4v) is 6.59. The van der Waals surface area contributed by atoms with Crippen LogP contribution in [0.1, 0.15) is 33.8 Å². The summed E-state index contributed by atoms with van der Waals surface area (Å²) in [4.78, 5) is 14.2. The molecular weight excluding hydrogens is 432 g/mol. The van der Waals surface area contributed by atoms with Gasteiger partial charge in [-0.1, -0.05) is 6.07 Å². The Morgan fingerprint density at radius 2 is 1.94 bits per heavy atom. The minimum absolute atomic E-state index is 0.254. The van der Waals surface area contributed by atoms with Crippen molar-refractivity contribution in [2.24, 2.45) is 0 Å². The first-order chi connectivity index (χ1) is 14.9. The number of sulfonamides is 1. The van der Waals surface area contributed by atoms with Gasteiger partial charge >= 0.3 is 0 Å². The number of hydrogen-bond acceptors (Lipinski definition) is 7. The van der Waals surface area contributed by atoms with E-state index in [4.69, 9.17) is 14.7 Å². The van der Waals surface area contributed by atoms with Crippen LogP contribution in [-0.2, 0) is 34.1 Å². The summed E-state index contributed by atoms with van der Waals surface area (Å²) in [5.41, 5.74) is 3.21. The van der Waals surface area contributed by atoms with Crippen LogP contribution in [0.2, 0.25) is 0 Å². The first kappa shape index (κ1) is 20.8. The van der Waals surface area contributed by atoms with E-state index in [1.807, 2.05) is 19.9 Å². The van der Waals surface area contributed by atoms with Crippen LogP contribution in [0.4, 0.5) is 5.82 Å². The van der Waals surface area contributed by atoms with E-state index in [1.54, 1.807) is 23.5 Å². The van der Waals surface area contributed by atoms with Crippen molar-refractivity contribution < 1.29 is 13.2 Å². The Kier molecular flexibility index (Phi) is 5.45. The minimum atomic E-state index is -3.76. The number of hydrogen-bond donors (Lipinski definition) is 1. The molecule has 1 N–H and O–H groups in total. The van der Waals surface area contributed by atoms with E-state index in [1.165, 1.54) is 10.4 Å². The molecule has 0 spiro atoms. The van der Waals surface area contributed by atoms with Gasteiger partial charge in [0.2, 0.25) is 0 Å². The molecule has 2 aromatic heterocycles. The number of aryl methyl sites for hydroxylation is 4. The van der Waals surface area contributed by atoms with E-state index >= 15 is 0 Å². The summed E-state index contributed by atoms with van der Waals surface area (Å²) in [7, 11) is -3.76. The molecule has 1 fully saturated rings. The number of fused-ring (bicyclic) bond motifs is 3. The molecule has 2 aliphatic rings. The number of anilines is 1. The maximum atomic E-state index is 13.2. The monoisotopic (exact) mass is 458 g/mol. The first-order valence-corrected chi connectivity index (χ1v) is 12.9. The molecule has 164 valence electrons. The van der Waals surface area contributed by atoms with Gasteiger partial charge in [-0.25, -0.2) is 18.4 Å². The van der Waals surface area contributed by atoms with Crippen LogP contribution in [0.25, 0.3) is 10.2 Å². The Labute approximate surface area is 186 Å². The smallest absolute Gasteiger partial charge is 0.263 e. The number of benzene rings is 1. The van der Waals surface area contributed by atoms with E-state index in [0.29, 0.717) is 31.4 Å². The van der Waals surface area contributed by atoms with Crippen LogP contribution < -0.4 is 4.72 Å². The normalized spacial score (nSPS) is 17.2. The van der Waals surface area contributed by atoms with Crippen molar-refractivity contribution in [2.75, 3.05) is 31.0 Å². The van der Waals surface area contributed by atoms with E-state index < -0.39 is 10.0 Å². The molecule has 0 radical (unpaired) electrons. The van der Waals surface area contributed by atoms with Crippen molar-refractivity contribution in [1.29, 1.82) is 0 Å². The topological polar surface area (TPSA) is 84.4 Å². The lowest BCUT2D eigenvalue weighted by Crippen LogP contribution is -2.36. The zero-order chi connectivity index (χ0) is 21.6. The summed E-state index contributed by atoms with van der Waals surface area (Å²) >= 11 is 1.67. The molecule has 1 aliphatic heterocycles. The summed E-state index contributed by atoms with van der Waals surface area (Å²) in [5, 5.41) is 0.871. The van der Waals surface area contributed by atoms with Crippen molar-refractivity contribution in [3.63, 3.8) is 0 Å². The first-order valence-electron chi connectivity index (χ1n) is 10.6. The molecule has 1 aliphatic carbocycles. The molecule has 1 saturated heterocycles. The summed E-state index contributed by atoms with van der Waals surface area (Å²) in [6.45, 7) is 7.52. The van der Waals surface area contributed by atoms with E-state index in [2.05, 4.69) is 9.62 Å². The maximum Gasteiger partial charge on any atom is 0.263 e. The van der Waals surface area contributed by atoms with Crippen molar-refractivity contribution in [2.45, 2.75) is 44.6 Å². The Bertz CT molecular complexity index is 1250. The molecule has 3 aromatic rings. The molecule has 9 heteroatoms. The van der Waals surface area contributed by atoms with E-state index in [9.17, 15) is 8.42 Å². The van der Waals surface area contributed by atoms with Crippen LogP contribution in [0, 0.1) is 13.8 Å². The number of ether oxygens (including phenoxy) is 1. The molecule has 3 heterocycles. The van der Waals surface area contributed by atoms with Gasteiger partial charge in [-0.2, -0.15) is 0 Å². The van der Waals surface area contributed by atoms with Crippen LogP contribution in [-0.4, -0.2) is 49.6 Å². The van der Waals surface area contributed by atoms with Gasteiger partial charge in [-0.05, 0) is 61.9 Å².